The van der Waals surface area contributed by atoms with Crippen LogP contribution in [-0.4, -0.2) is 36.1 Å². The number of ether oxygens (including phenoxy) is 1. The highest BCUT2D eigenvalue weighted by Gasteiger charge is 2.20. The van der Waals surface area contributed by atoms with Gasteiger partial charge in [-0.1, -0.05) is 12.2 Å². The molecule has 0 bridgehead atoms. The standard InChI is InChI=1S/C6H9NO2S/c8-6-7(2-1-5-10)3-4-9-6/h5H,1-4H2. The predicted molar refractivity (Wildman–Crippen MR) is 41.2 cm³/mol. The third-order valence-corrected chi connectivity index (χ3v) is 1.60. The number of cyclic esters (lactones) is 1. The number of amides is 1. The molecule has 1 rings (SSSR count). The summed E-state index contributed by atoms with van der Waals surface area (Å²) in [6.45, 7) is 1.93. The second-order valence-corrected chi connectivity index (χ2v) is 2.39. The summed E-state index contributed by atoms with van der Waals surface area (Å²) in [5.74, 6) is 0. The van der Waals surface area contributed by atoms with Gasteiger partial charge in [0.2, 0.25) is 0 Å². The van der Waals surface area contributed by atoms with Gasteiger partial charge in [-0.25, -0.2) is 4.79 Å². The molecule has 0 aliphatic carbocycles. The Bertz CT molecular complexity index is 149. The molecule has 1 heterocycles. The molecule has 1 fully saturated rings. The van der Waals surface area contributed by atoms with Crippen LogP contribution in [-0.2, 0) is 4.74 Å². The first-order valence-electron chi connectivity index (χ1n) is 3.20. The van der Waals surface area contributed by atoms with Crippen molar-refractivity contribution in [2.75, 3.05) is 19.7 Å². The lowest BCUT2D eigenvalue weighted by atomic mass is 10.4. The Hall–Kier alpha value is -0.640. The number of thiocarbonyl (C=S) groups is 1. The van der Waals surface area contributed by atoms with Crippen molar-refractivity contribution in [2.45, 2.75) is 6.42 Å². The number of hydrogen-bond acceptors (Lipinski definition) is 3. The van der Waals surface area contributed by atoms with Crippen LogP contribution in [0.2, 0.25) is 0 Å². The van der Waals surface area contributed by atoms with Crippen LogP contribution in [0.4, 0.5) is 4.79 Å². The first-order valence-corrected chi connectivity index (χ1v) is 3.67. The Labute approximate surface area is 65.0 Å². The molecule has 0 atom stereocenters. The third kappa shape index (κ3) is 1.67. The minimum atomic E-state index is -0.211. The topological polar surface area (TPSA) is 29.5 Å². The van der Waals surface area contributed by atoms with Crippen LogP contribution in [0.1, 0.15) is 6.42 Å². The summed E-state index contributed by atoms with van der Waals surface area (Å²) in [6, 6.07) is 0. The van der Waals surface area contributed by atoms with Crippen molar-refractivity contribution in [1.82, 2.24) is 4.90 Å². The number of nitrogens with zero attached hydrogens (tertiary/aromatic N) is 1. The smallest absolute Gasteiger partial charge is 0.409 e. The van der Waals surface area contributed by atoms with Crippen LogP contribution in [0.3, 0.4) is 0 Å². The van der Waals surface area contributed by atoms with Gasteiger partial charge in [-0.3, -0.25) is 0 Å². The molecule has 0 aromatic heterocycles. The second-order valence-electron chi connectivity index (χ2n) is 2.06. The van der Waals surface area contributed by atoms with E-state index in [2.05, 4.69) is 12.2 Å². The lowest BCUT2D eigenvalue weighted by molar-refractivity contribution is 0.159. The first kappa shape index (κ1) is 7.47. The summed E-state index contributed by atoms with van der Waals surface area (Å²) in [7, 11) is 0. The van der Waals surface area contributed by atoms with Crippen molar-refractivity contribution < 1.29 is 9.53 Å². The fraction of sp³-hybridized carbons (Fsp3) is 0.667. The Morgan fingerprint density at radius 3 is 3.10 bits per heavy atom. The van der Waals surface area contributed by atoms with Crippen LogP contribution in [0.15, 0.2) is 0 Å². The van der Waals surface area contributed by atoms with Crippen LogP contribution in [0.25, 0.3) is 0 Å². The van der Waals surface area contributed by atoms with Gasteiger partial charge in [-0.05, 0) is 11.8 Å². The zero-order valence-electron chi connectivity index (χ0n) is 5.58. The fourth-order valence-electron chi connectivity index (χ4n) is 0.837. The molecule has 1 amide bonds. The monoisotopic (exact) mass is 159 g/mol. The van der Waals surface area contributed by atoms with Gasteiger partial charge in [0.1, 0.15) is 6.61 Å². The highest BCUT2D eigenvalue weighted by molar-refractivity contribution is 7.78. The number of rotatable bonds is 3. The van der Waals surface area contributed by atoms with Gasteiger partial charge in [-0.2, -0.15) is 0 Å². The lowest BCUT2D eigenvalue weighted by Gasteiger charge is -2.08. The van der Waals surface area contributed by atoms with Crippen molar-refractivity contribution in [3.05, 3.63) is 0 Å². The minimum Gasteiger partial charge on any atom is -0.448 e. The molecule has 0 N–H and O–H groups in total. The van der Waals surface area contributed by atoms with E-state index >= 15 is 0 Å². The third-order valence-electron chi connectivity index (χ3n) is 1.36. The van der Waals surface area contributed by atoms with Crippen molar-refractivity contribution in [3.8, 4) is 0 Å². The molecule has 0 unspecified atom stereocenters. The maximum Gasteiger partial charge on any atom is 0.409 e. The van der Waals surface area contributed by atoms with Gasteiger partial charge in [-0.15, -0.1) is 0 Å². The van der Waals surface area contributed by atoms with E-state index in [0.717, 1.165) is 6.42 Å². The summed E-state index contributed by atoms with van der Waals surface area (Å²) in [5, 5.41) is 1.63. The Morgan fingerprint density at radius 1 is 1.80 bits per heavy atom. The van der Waals surface area contributed by atoms with Crippen molar-refractivity contribution >= 4 is 23.7 Å². The summed E-state index contributed by atoms with van der Waals surface area (Å²) >= 11 is 4.62. The molecule has 10 heavy (non-hydrogen) atoms. The summed E-state index contributed by atoms with van der Waals surface area (Å²) < 4.78 is 4.70. The van der Waals surface area contributed by atoms with Crippen LogP contribution in [0, 0.1) is 0 Å². The molecule has 4 heteroatoms. The Kier molecular flexibility index (Phi) is 2.62. The van der Waals surface area contributed by atoms with Crippen LogP contribution >= 0.6 is 12.2 Å². The lowest BCUT2D eigenvalue weighted by Crippen LogP contribution is -2.25. The number of carbonyl (C=O) groups excluding carboxylic acids is 1. The molecule has 1 aliphatic rings. The van der Waals surface area contributed by atoms with Gasteiger partial charge >= 0.3 is 6.09 Å². The quantitative estimate of drug-likeness (QED) is 0.571. The highest BCUT2D eigenvalue weighted by atomic mass is 32.1. The van der Waals surface area contributed by atoms with E-state index in [1.54, 1.807) is 10.3 Å². The van der Waals surface area contributed by atoms with E-state index in [9.17, 15) is 4.79 Å². The van der Waals surface area contributed by atoms with Crippen LogP contribution in [0.5, 0.6) is 0 Å². The second kappa shape index (κ2) is 3.51. The molecule has 0 aromatic carbocycles. The van der Waals surface area contributed by atoms with E-state index < -0.39 is 0 Å². The molecule has 0 radical (unpaired) electrons. The molecular formula is C6H9NO2S. The molecule has 0 spiro atoms. The Morgan fingerprint density at radius 2 is 2.60 bits per heavy atom. The van der Waals surface area contributed by atoms with Crippen LogP contribution < -0.4 is 0 Å². The highest BCUT2D eigenvalue weighted by Crippen LogP contribution is 2.02. The van der Waals surface area contributed by atoms with Gasteiger partial charge in [0, 0.05) is 6.54 Å². The van der Waals surface area contributed by atoms with Gasteiger partial charge < -0.3 is 9.64 Å². The normalized spacial score (nSPS) is 17.2. The van der Waals surface area contributed by atoms with Gasteiger partial charge in [0.25, 0.3) is 0 Å². The first-order chi connectivity index (χ1) is 4.84. The molecule has 0 saturated carbocycles. The Balaban J connectivity index is 2.26. The average molecular weight is 159 g/mol. The van der Waals surface area contributed by atoms with E-state index in [0.29, 0.717) is 19.7 Å². The van der Waals surface area contributed by atoms with Gasteiger partial charge in [0.15, 0.2) is 0 Å². The summed E-state index contributed by atoms with van der Waals surface area (Å²) in [6.07, 6.45) is 0.557. The van der Waals surface area contributed by atoms with E-state index in [-0.39, 0.29) is 6.09 Å². The van der Waals surface area contributed by atoms with E-state index in [4.69, 9.17) is 4.74 Å². The zero-order valence-corrected chi connectivity index (χ0v) is 6.39. The van der Waals surface area contributed by atoms with E-state index in [1.165, 1.54) is 0 Å². The molecule has 1 saturated heterocycles. The number of carbonyl (C=O) groups is 1. The minimum absolute atomic E-state index is 0.211. The summed E-state index contributed by atoms with van der Waals surface area (Å²) in [4.78, 5) is 12.4. The van der Waals surface area contributed by atoms with Gasteiger partial charge in [0.05, 0.1) is 6.54 Å². The van der Waals surface area contributed by atoms with Crippen molar-refractivity contribution in [1.29, 1.82) is 0 Å². The molecule has 1 aliphatic heterocycles. The SMILES string of the molecule is O=C1OCCN1CCC=S. The zero-order chi connectivity index (χ0) is 7.40. The van der Waals surface area contributed by atoms with Crippen molar-refractivity contribution in [3.63, 3.8) is 0 Å². The fourth-order valence-corrected chi connectivity index (χ4v) is 0.943. The maximum absolute atomic E-state index is 10.7. The predicted octanol–water partition coefficient (Wildman–Crippen LogP) is 0.828. The molecule has 0 aromatic rings. The molecule has 3 nitrogen and oxygen atoms in total. The maximum atomic E-state index is 10.7. The van der Waals surface area contributed by atoms with E-state index in [1.807, 2.05) is 0 Å². The molecular weight excluding hydrogens is 150 g/mol. The largest absolute Gasteiger partial charge is 0.448 e. The number of hydrogen-bond donors (Lipinski definition) is 0. The molecule has 56 valence electrons. The summed E-state index contributed by atoms with van der Waals surface area (Å²) in [5.41, 5.74) is 0. The van der Waals surface area contributed by atoms with Crippen molar-refractivity contribution in [2.24, 2.45) is 0 Å². The average Bonchev–Trinajstić information content (AvgIpc) is 2.31.